The smallest absolute Gasteiger partial charge is 0.211 e. The summed E-state index contributed by atoms with van der Waals surface area (Å²) < 4.78 is 24.6. The molecule has 4 heteroatoms. The van der Waals surface area contributed by atoms with Crippen LogP contribution in [0.15, 0.2) is 4.99 Å². The zero-order chi connectivity index (χ0) is 10.4. The minimum Gasteiger partial charge on any atom is -0.211 e. The summed E-state index contributed by atoms with van der Waals surface area (Å²) in [4.78, 5) is 13.3. The van der Waals surface area contributed by atoms with Crippen molar-refractivity contribution < 1.29 is 13.6 Å². The van der Waals surface area contributed by atoms with Crippen molar-refractivity contribution in [3.63, 3.8) is 0 Å². The number of rotatable bonds is 4. The Morgan fingerprint density at radius 3 is 2.43 bits per heavy atom. The molecule has 0 unspecified atom stereocenters. The second-order valence-corrected chi connectivity index (χ2v) is 3.88. The second-order valence-electron chi connectivity index (χ2n) is 3.88. The molecule has 0 aromatic heterocycles. The van der Waals surface area contributed by atoms with Gasteiger partial charge in [-0.15, -0.1) is 0 Å². The van der Waals surface area contributed by atoms with E-state index in [-0.39, 0.29) is 0 Å². The van der Waals surface area contributed by atoms with Crippen LogP contribution in [0.4, 0.5) is 8.78 Å². The normalized spacial score (nSPS) is 27.4. The number of halogens is 2. The third-order valence-electron chi connectivity index (χ3n) is 2.96. The average Bonchev–Trinajstić information content (AvgIpc) is 2.19. The molecule has 1 saturated carbocycles. The maximum atomic E-state index is 12.3. The van der Waals surface area contributed by atoms with E-state index >= 15 is 0 Å². The first-order valence-electron chi connectivity index (χ1n) is 5.05. The lowest BCUT2D eigenvalue weighted by Crippen LogP contribution is -2.20. The van der Waals surface area contributed by atoms with Gasteiger partial charge < -0.3 is 0 Å². The molecule has 0 amide bonds. The van der Waals surface area contributed by atoms with Crippen molar-refractivity contribution >= 4 is 6.08 Å². The fourth-order valence-electron chi connectivity index (χ4n) is 2.02. The molecule has 2 nitrogen and oxygen atoms in total. The first-order valence-corrected chi connectivity index (χ1v) is 5.05. The van der Waals surface area contributed by atoms with Crippen LogP contribution in [-0.4, -0.2) is 19.1 Å². The Bertz CT molecular complexity index is 206. The van der Waals surface area contributed by atoms with E-state index in [4.69, 9.17) is 0 Å². The van der Waals surface area contributed by atoms with Crippen LogP contribution in [0.5, 0.6) is 0 Å². The van der Waals surface area contributed by atoms with Crippen LogP contribution in [0.1, 0.15) is 32.1 Å². The summed E-state index contributed by atoms with van der Waals surface area (Å²) in [7, 11) is 0. The zero-order valence-electron chi connectivity index (χ0n) is 8.09. The van der Waals surface area contributed by atoms with E-state index in [2.05, 4.69) is 4.99 Å². The molecule has 0 saturated heterocycles. The summed E-state index contributed by atoms with van der Waals surface area (Å²) in [5.74, 6) is 0.0722. The van der Waals surface area contributed by atoms with E-state index in [1.54, 1.807) is 0 Å². The molecule has 1 aliphatic carbocycles. The first-order chi connectivity index (χ1) is 6.74. The summed E-state index contributed by atoms with van der Waals surface area (Å²) in [5.41, 5.74) is 0. The SMILES string of the molecule is O=C=NCCC1CCC(C(F)F)CC1. The van der Waals surface area contributed by atoms with Gasteiger partial charge in [-0.2, -0.15) is 0 Å². The number of hydrogen-bond donors (Lipinski definition) is 0. The van der Waals surface area contributed by atoms with Crippen LogP contribution in [-0.2, 0) is 4.79 Å². The highest BCUT2D eigenvalue weighted by atomic mass is 19.3. The van der Waals surface area contributed by atoms with Gasteiger partial charge in [0.05, 0.1) is 6.54 Å². The van der Waals surface area contributed by atoms with Gasteiger partial charge in [0.15, 0.2) is 0 Å². The number of aliphatic imine (C=N–C) groups is 1. The number of carbonyl (C=O) groups excluding carboxylic acids is 1. The third kappa shape index (κ3) is 3.54. The van der Waals surface area contributed by atoms with Gasteiger partial charge in [0, 0.05) is 5.92 Å². The molecular weight excluding hydrogens is 188 g/mol. The van der Waals surface area contributed by atoms with Gasteiger partial charge in [-0.25, -0.2) is 18.6 Å². The van der Waals surface area contributed by atoms with Crippen molar-refractivity contribution in [3.05, 3.63) is 0 Å². The fraction of sp³-hybridized carbons (Fsp3) is 0.900. The van der Waals surface area contributed by atoms with Crippen molar-refractivity contribution in [3.8, 4) is 0 Å². The van der Waals surface area contributed by atoms with E-state index in [0.717, 1.165) is 19.3 Å². The summed E-state index contributed by atoms with van der Waals surface area (Å²) >= 11 is 0. The summed E-state index contributed by atoms with van der Waals surface area (Å²) in [6.45, 7) is 0.494. The minimum absolute atomic E-state index is 0.402. The van der Waals surface area contributed by atoms with E-state index in [9.17, 15) is 13.6 Å². The molecule has 1 aliphatic rings. The van der Waals surface area contributed by atoms with Crippen LogP contribution in [0.3, 0.4) is 0 Å². The monoisotopic (exact) mass is 203 g/mol. The van der Waals surface area contributed by atoms with Crippen molar-refractivity contribution in [2.45, 2.75) is 38.5 Å². The molecule has 0 aromatic carbocycles. The quantitative estimate of drug-likeness (QED) is 0.510. The molecule has 1 fully saturated rings. The van der Waals surface area contributed by atoms with Crippen LogP contribution >= 0.6 is 0 Å². The third-order valence-corrected chi connectivity index (χ3v) is 2.96. The van der Waals surface area contributed by atoms with E-state index in [1.165, 1.54) is 6.08 Å². The molecular formula is C10H15F2NO. The second kappa shape index (κ2) is 5.86. The van der Waals surface area contributed by atoms with Crippen LogP contribution < -0.4 is 0 Å². The van der Waals surface area contributed by atoms with Gasteiger partial charge in [-0.3, -0.25) is 0 Å². The Morgan fingerprint density at radius 2 is 1.93 bits per heavy atom. The number of isocyanates is 1. The standard InChI is InChI=1S/C10H15F2NO/c11-10(12)9-3-1-8(2-4-9)5-6-13-7-14/h8-10H,1-6H2. The van der Waals surface area contributed by atoms with Gasteiger partial charge in [-0.1, -0.05) is 0 Å². The molecule has 0 spiro atoms. The van der Waals surface area contributed by atoms with Gasteiger partial charge >= 0.3 is 0 Å². The first kappa shape index (κ1) is 11.3. The van der Waals surface area contributed by atoms with Crippen LogP contribution in [0.2, 0.25) is 0 Å². The molecule has 1 rings (SSSR count). The largest absolute Gasteiger partial charge is 0.241 e. The molecule has 0 aromatic rings. The summed E-state index contributed by atoms with van der Waals surface area (Å²) in [5, 5.41) is 0. The average molecular weight is 203 g/mol. The van der Waals surface area contributed by atoms with Crippen molar-refractivity contribution in [1.82, 2.24) is 0 Å². The molecule has 0 N–H and O–H groups in total. The lowest BCUT2D eigenvalue weighted by atomic mass is 9.81. The lowest BCUT2D eigenvalue weighted by molar-refractivity contribution is 0.0460. The van der Waals surface area contributed by atoms with Crippen LogP contribution in [0, 0.1) is 11.8 Å². The summed E-state index contributed by atoms with van der Waals surface area (Å²) in [6.07, 6.45) is 3.10. The predicted molar refractivity (Wildman–Crippen MR) is 49.1 cm³/mol. The van der Waals surface area contributed by atoms with Crippen molar-refractivity contribution in [2.75, 3.05) is 6.54 Å². The Kier molecular flexibility index (Phi) is 4.74. The molecule has 0 aliphatic heterocycles. The zero-order valence-corrected chi connectivity index (χ0v) is 8.09. The highest BCUT2D eigenvalue weighted by Crippen LogP contribution is 2.33. The lowest BCUT2D eigenvalue weighted by Gasteiger charge is -2.27. The highest BCUT2D eigenvalue weighted by molar-refractivity contribution is 5.32. The maximum Gasteiger partial charge on any atom is 0.241 e. The van der Waals surface area contributed by atoms with Gasteiger partial charge in [0.1, 0.15) is 0 Å². The molecule has 14 heavy (non-hydrogen) atoms. The number of nitrogens with zero attached hydrogens (tertiary/aromatic N) is 1. The Balaban J connectivity index is 2.18. The molecule has 0 bridgehead atoms. The Morgan fingerprint density at radius 1 is 1.29 bits per heavy atom. The summed E-state index contributed by atoms with van der Waals surface area (Å²) in [6, 6.07) is 0. The van der Waals surface area contributed by atoms with Gasteiger partial charge in [-0.05, 0) is 38.0 Å². The predicted octanol–water partition coefficient (Wildman–Crippen LogP) is 2.78. The molecule has 0 radical (unpaired) electrons. The topological polar surface area (TPSA) is 29.4 Å². The van der Waals surface area contributed by atoms with Crippen molar-refractivity contribution in [1.29, 1.82) is 0 Å². The van der Waals surface area contributed by atoms with Crippen LogP contribution in [0.25, 0.3) is 0 Å². The Labute approximate surface area is 82.4 Å². The van der Waals surface area contributed by atoms with Gasteiger partial charge in [0.2, 0.25) is 12.5 Å². The van der Waals surface area contributed by atoms with Gasteiger partial charge in [0.25, 0.3) is 0 Å². The molecule has 0 atom stereocenters. The fourth-order valence-corrected chi connectivity index (χ4v) is 2.02. The Hall–Kier alpha value is -0.760. The van der Waals surface area contributed by atoms with Crippen molar-refractivity contribution in [2.24, 2.45) is 16.8 Å². The number of hydrogen-bond acceptors (Lipinski definition) is 2. The van der Waals surface area contributed by atoms with E-state index < -0.39 is 12.3 Å². The molecule has 0 heterocycles. The maximum absolute atomic E-state index is 12.3. The molecule has 80 valence electrons. The van der Waals surface area contributed by atoms with E-state index in [1.807, 2.05) is 0 Å². The number of alkyl halides is 2. The highest BCUT2D eigenvalue weighted by Gasteiger charge is 2.26. The minimum atomic E-state index is -2.16. The van der Waals surface area contributed by atoms with E-state index in [0.29, 0.717) is 25.3 Å².